The highest BCUT2D eigenvalue weighted by atomic mass is 35.5. The highest BCUT2D eigenvalue weighted by molar-refractivity contribution is 6.36. The van der Waals surface area contributed by atoms with Crippen molar-refractivity contribution in [3.8, 4) is 0 Å². The van der Waals surface area contributed by atoms with Crippen molar-refractivity contribution in [3.63, 3.8) is 0 Å². The lowest BCUT2D eigenvalue weighted by atomic mass is 10.1. The summed E-state index contributed by atoms with van der Waals surface area (Å²) in [5.74, 6) is 0.207. The zero-order chi connectivity index (χ0) is 16.3. The SMILES string of the molecule is CC(C)(C)Nc1cc(C(=O)Nc2ccc(Cl)cc2Cl)ncn1. The molecule has 2 rings (SSSR count). The van der Waals surface area contributed by atoms with Crippen LogP contribution in [0.4, 0.5) is 11.5 Å². The second kappa shape index (κ2) is 6.50. The first-order valence-electron chi connectivity index (χ1n) is 6.61. The van der Waals surface area contributed by atoms with Crippen molar-refractivity contribution in [1.29, 1.82) is 0 Å². The predicted molar refractivity (Wildman–Crippen MR) is 89.8 cm³/mol. The second-order valence-corrected chi connectivity index (χ2v) is 6.59. The number of halogens is 2. The van der Waals surface area contributed by atoms with Crippen LogP contribution in [0.2, 0.25) is 10.0 Å². The molecular weight excluding hydrogens is 323 g/mol. The Hall–Kier alpha value is -1.85. The van der Waals surface area contributed by atoms with Crippen LogP contribution in [0.1, 0.15) is 31.3 Å². The quantitative estimate of drug-likeness (QED) is 0.877. The number of aromatic nitrogens is 2. The van der Waals surface area contributed by atoms with Gasteiger partial charge >= 0.3 is 0 Å². The first-order chi connectivity index (χ1) is 10.2. The van der Waals surface area contributed by atoms with Crippen LogP contribution in [0.15, 0.2) is 30.6 Å². The fourth-order valence-electron chi connectivity index (χ4n) is 1.71. The van der Waals surface area contributed by atoms with E-state index in [1.807, 2.05) is 20.8 Å². The van der Waals surface area contributed by atoms with Gasteiger partial charge in [0.2, 0.25) is 0 Å². The number of amides is 1. The summed E-state index contributed by atoms with van der Waals surface area (Å²) < 4.78 is 0. The maximum Gasteiger partial charge on any atom is 0.274 e. The van der Waals surface area contributed by atoms with Gasteiger partial charge in [-0.1, -0.05) is 23.2 Å². The van der Waals surface area contributed by atoms with Gasteiger partial charge in [0.05, 0.1) is 10.7 Å². The van der Waals surface area contributed by atoms with Crippen molar-refractivity contribution in [3.05, 3.63) is 46.3 Å². The van der Waals surface area contributed by atoms with Crippen LogP contribution in [0.25, 0.3) is 0 Å². The second-order valence-electron chi connectivity index (χ2n) is 5.74. The molecule has 0 fully saturated rings. The van der Waals surface area contributed by atoms with Gasteiger partial charge in [-0.15, -0.1) is 0 Å². The molecule has 0 aliphatic heterocycles. The van der Waals surface area contributed by atoms with Gasteiger partial charge in [-0.2, -0.15) is 0 Å². The largest absolute Gasteiger partial charge is 0.365 e. The lowest BCUT2D eigenvalue weighted by Crippen LogP contribution is -2.27. The Labute approximate surface area is 139 Å². The summed E-state index contributed by atoms with van der Waals surface area (Å²) in [6.07, 6.45) is 1.34. The molecule has 1 aromatic heterocycles. The Kier molecular flexibility index (Phi) is 4.88. The van der Waals surface area contributed by atoms with Gasteiger partial charge < -0.3 is 10.6 Å². The van der Waals surface area contributed by atoms with E-state index in [0.29, 0.717) is 21.6 Å². The molecule has 0 saturated carbocycles. The average Bonchev–Trinajstić information content (AvgIpc) is 2.40. The first kappa shape index (κ1) is 16.5. The van der Waals surface area contributed by atoms with Crippen molar-refractivity contribution >= 4 is 40.6 Å². The van der Waals surface area contributed by atoms with E-state index >= 15 is 0 Å². The number of hydrogen-bond acceptors (Lipinski definition) is 4. The third-order valence-electron chi connectivity index (χ3n) is 2.58. The van der Waals surface area contributed by atoms with E-state index in [0.717, 1.165) is 0 Å². The third-order valence-corrected chi connectivity index (χ3v) is 3.13. The molecule has 0 spiro atoms. The Balaban J connectivity index is 2.17. The summed E-state index contributed by atoms with van der Waals surface area (Å²) >= 11 is 11.9. The number of hydrogen-bond donors (Lipinski definition) is 2. The molecule has 7 heteroatoms. The number of benzene rings is 1. The van der Waals surface area contributed by atoms with Gasteiger partial charge in [0.25, 0.3) is 5.91 Å². The lowest BCUT2D eigenvalue weighted by molar-refractivity contribution is 0.102. The average molecular weight is 339 g/mol. The van der Waals surface area contributed by atoms with Gasteiger partial charge in [-0.25, -0.2) is 9.97 Å². The monoisotopic (exact) mass is 338 g/mol. The third kappa shape index (κ3) is 4.58. The molecular formula is C15H16Cl2N4O. The van der Waals surface area contributed by atoms with E-state index in [1.165, 1.54) is 6.33 Å². The summed E-state index contributed by atoms with van der Waals surface area (Å²) in [5.41, 5.74) is 0.550. The van der Waals surface area contributed by atoms with Gasteiger partial charge in [0.15, 0.2) is 0 Å². The van der Waals surface area contributed by atoms with Crippen LogP contribution in [0.5, 0.6) is 0 Å². The van der Waals surface area contributed by atoms with Gasteiger partial charge in [0, 0.05) is 16.6 Å². The summed E-state index contributed by atoms with van der Waals surface area (Å²) in [5, 5.41) is 6.75. The molecule has 0 bridgehead atoms. The lowest BCUT2D eigenvalue weighted by Gasteiger charge is -2.21. The van der Waals surface area contributed by atoms with Crippen molar-refractivity contribution < 1.29 is 4.79 Å². The normalized spacial score (nSPS) is 11.1. The highest BCUT2D eigenvalue weighted by Gasteiger charge is 2.14. The van der Waals surface area contributed by atoms with Gasteiger partial charge in [0.1, 0.15) is 17.8 Å². The van der Waals surface area contributed by atoms with Crippen molar-refractivity contribution in [2.24, 2.45) is 0 Å². The van der Waals surface area contributed by atoms with Crippen LogP contribution in [-0.4, -0.2) is 21.4 Å². The molecule has 0 atom stereocenters. The van der Waals surface area contributed by atoms with Crippen LogP contribution >= 0.6 is 23.2 Å². The first-order valence-corrected chi connectivity index (χ1v) is 7.37. The summed E-state index contributed by atoms with van der Waals surface area (Å²) in [6.45, 7) is 6.01. The van der Waals surface area contributed by atoms with Crippen LogP contribution < -0.4 is 10.6 Å². The minimum absolute atomic E-state index is 0.165. The van der Waals surface area contributed by atoms with E-state index in [2.05, 4.69) is 20.6 Å². The number of rotatable bonds is 3. The summed E-state index contributed by atoms with van der Waals surface area (Å²) in [4.78, 5) is 20.3. The molecule has 22 heavy (non-hydrogen) atoms. The standard InChI is InChI=1S/C15H16Cl2N4O/c1-15(2,3)21-13-7-12(18-8-19-13)14(22)20-11-5-4-9(16)6-10(11)17/h4-8H,1-3H3,(H,20,22)(H,18,19,21). The molecule has 1 amide bonds. The van der Waals surface area contributed by atoms with Crippen molar-refractivity contribution in [2.45, 2.75) is 26.3 Å². The van der Waals surface area contributed by atoms with E-state index < -0.39 is 0 Å². The van der Waals surface area contributed by atoms with Gasteiger partial charge in [-0.3, -0.25) is 4.79 Å². The topological polar surface area (TPSA) is 66.9 Å². The molecule has 0 aliphatic carbocycles. The number of nitrogens with one attached hydrogen (secondary N) is 2. The molecule has 5 nitrogen and oxygen atoms in total. The molecule has 0 radical (unpaired) electrons. The molecule has 116 valence electrons. The fraction of sp³-hybridized carbons (Fsp3) is 0.267. The zero-order valence-corrected chi connectivity index (χ0v) is 14.0. The van der Waals surface area contributed by atoms with Gasteiger partial charge in [-0.05, 0) is 39.0 Å². The summed E-state index contributed by atoms with van der Waals surface area (Å²) in [7, 11) is 0. The van der Waals surface area contributed by atoms with E-state index in [9.17, 15) is 4.79 Å². The Morgan fingerprint density at radius 1 is 1.14 bits per heavy atom. The van der Waals surface area contributed by atoms with Crippen LogP contribution in [0.3, 0.4) is 0 Å². The smallest absolute Gasteiger partial charge is 0.274 e. The maximum atomic E-state index is 12.2. The minimum Gasteiger partial charge on any atom is -0.365 e. The Morgan fingerprint density at radius 2 is 1.86 bits per heavy atom. The van der Waals surface area contributed by atoms with E-state index in [1.54, 1.807) is 24.3 Å². The van der Waals surface area contributed by atoms with Crippen LogP contribution in [-0.2, 0) is 0 Å². The minimum atomic E-state index is -0.372. The molecule has 1 aromatic carbocycles. The molecule has 2 N–H and O–H groups in total. The van der Waals surface area contributed by atoms with E-state index in [4.69, 9.17) is 23.2 Å². The number of carbonyl (C=O) groups is 1. The Morgan fingerprint density at radius 3 is 2.50 bits per heavy atom. The molecule has 0 saturated heterocycles. The number of anilines is 2. The van der Waals surface area contributed by atoms with E-state index in [-0.39, 0.29) is 17.1 Å². The number of carbonyl (C=O) groups excluding carboxylic acids is 1. The molecule has 0 aliphatic rings. The maximum absolute atomic E-state index is 12.2. The zero-order valence-electron chi connectivity index (χ0n) is 12.4. The molecule has 1 heterocycles. The van der Waals surface area contributed by atoms with Crippen LogP contribution in [0, 0.1) is 0 Å². The highest BCUT2D eigenvalue weighted by Crippen LogP contribution is 2.25. The Bertz CT molecular complexity index is 698. The number of nitrogens with zero attached hydrogens (tertiary/aromatic N) is 2. The predicted octanol–water partition coefficient (Wildman–Crippen LogP) is 4.25. The van der Waals surface area contributed by atoms with Crippen molar-refractivity contribution in [2.75, 3.05) is 10.6 Å². The summed E-state index contributed by atoms with van der Waals surface area (Å²) in [6, 6.07) is 6.43. The van der Waals surface area contributed by atoms with Crippen molar-refractivity contribution in [1.82, 2.24) is 9.97 Å². The molecule has 2 aromatic rings. The fourth-order valence-corrected chi connectivity index (χ4v) is 2.17. The molecule has 0 unspecified atom stereocenters.